The summed E-state index contributed by atoms with van der Waals surface area (Å²) in [5, 5.41) is 2.99. The Balaban J connectivity index is 1.25. The molecule has 0 spiro atoms. The third-order valence-corrected chi connectivity index (χ3v) is 5.71. The Bertz CT molecular complexity index is 1050. The van der Waals surface area contributed by atoms with Crippen molar-refractivity contribution in [2.24, 2.45) is 5.92 Å². The zero-order valence-corrected chi connectivity index (χ0v) is 16.9. The number of aromatic nitrogens is 1. The molecule has 1 N–H and O–H groups in total. The van der Waals surface area contributed by atoms with Gasteiger partial charge in [-0.2, -0.15) is 0 Å². The van der Waals surface area contributed by atoms with Crippen LogP contribution in [0.3, 0.4) is 0 Å². The summed E-state index contributed by atoms with van der Waals surface area (Å²) in [5.41, 5.74) is 2.40. The minimum atomic E-state index is -0.501. The summed E-state index contributed by atoms with van der Waals surface area (Å²) in [6, 6.07) is 9.25. The van der Waals surface area contributed by atoms with E-state index >= 15 is 0 Å². The summed E-state index contributed by atoms with van der Waals surface area (Å²) in [4.78, 5) is 26.8. The summed E-state index contributed by atoms with van der Waals surface area (Å²) in [6.45, 7) is 7.55. The van der Waals surface area contributed by atoms with Crippen LogP contribution in [0.1, 0.15) is 29.9 Å². The highest BCUT2D eigenvalue weighted by Gasteiger charge is 2.21. The van der Waals surface area contributed by atoms with Crippen molar-refractivity contribution >= 4 is 17.0 Å². The van der Waals surface area contributed by atoms with Crippen LogP contribution in [0.5, 0.6) is 0 Å². The Morgan fingerprint density at radius 2 is 1.93 bits per heavy atom. The number of piperidine rings is 1. The largest absolute Gasteiger partial charge is 0.466 e. The van der Waals surface area contributed by atoms with E-state index in [4.69, 9.17) is 8.83 Å². The number of furan rings is 1. The molecule has 0 atom stereocenters. The number of hydrogen-bond acceptors (Lipinski definition) is 5. The number of likely N-dealkylation sites (tertiary alicyclic amines) is 1. The number of aryl methyl sites for hydroxylation is 2. The minimum absolute atomic E-state index is 0.0200. The lowest BCUT2D eigenvalue weighted by Crippen LogP contribution is -2.39. The lowest BCUT2D eigenvalue weighted by Gasteiger charge is -2.31. The number of carbonyl (C=O) groups excluding carboxylic acids is 1. The maximum atomic E-state index is 12.4. The molecule has 4 rings (SSSR count). The van der Waals surface area contributed by atoms with Gasteiger partial charge in [0, 0.05) is 18.7 Å². The zero-order chi connectivity index (χ0) is 20.4. The molecule has 1 aliphatic heterocycles. The van der Waals surface area contributed by atoms with Gasteiger partial charge in [-0.3, -0.25) is 14.3 Å². The Morgan fingerprint density at radius 1 is 1.17 bits per heavy atom. The normalized spacial score (nSPS) is 15.8. The van der Waals surface area contributed by atoms with Crippen LogP contribution in [0.2, 0.25) is 0 Å². The number of amides is 1. The van der Waals surface area contributed by atoms with E-state index in [1.54, 1.807) is 18.2 Å². The predicted octanol–water partition coefficient (Wildman–Crippen LogP) is 2.83. The molecule has 1 amide bonds. The van der Waals surface area contributed by atoms with E-state index in [-0.39, 0.29) is 12.5 Å². The third kappa shape index (κ3) is 4.45. The Kier molecular flexibility index (Phi) is 5.58. The summed E-state index contributed by atoms with van der Waals surface area (Å²) in [7, 11) is 0. The summed E-state index contributed by atoms with van der Waals surface area (Å²) in [6.07, 6.45) is 2.09. The van der Waals surface area contributed by atoms with E-state index in [9.17, 15) is 9.59 Å². The first-order valence-electron chi connectivity index (χ1n) is 10.1. The smallest absolute Gasteiger partial charge is 0.420 e. The number of rotatable bonds is 6. The Hall–Kier alpha value is -2.80. The maximum absolute atomic E-state index is 12.4. The van der Waals surface area contributed by atoms with Gasteiger partial charge in [-0.1, -0.05) is 12.1 Å². The zero-order valence-electron chi connectivity index (χ0n) is 16.9. The van der Waals surface area contributed by atoms with Crippen molar-refractivity contribution in [1.82, 2.24) is 14.8 Å². The molecular formula is C22H27N3O4. The molecule has 3 aromatic rings. The first-order chi connectivity index (χ1) is 14.0. The number of para-hydroxylation sites is 2. The van der Waals surface area contributed by atoms with Crippen molar-refractivity contribution in [3.63, 3.8) is 0 Å². The maximum Gasteiger partial charge on any atom is 0.420 e. The summed E-state index contributed by atoms with van der Waals surface area (Å²) < 4.78 is 12.2. The molecule has 1 aliphatic rings. The monoisotopic (exact) mass is 397 g/mol. The SMILES string of the molecule is Cc1cc(CN2CCC(CNC(=O)Cn3c(=O)oc4ccccc43)CC2)c(C)o1. The highest BCUT2D eigenvalue weighted by Crippen LogP contribution is 2.21. The second-order valence-electron chi connectivity index (χ2n) is 7.88. The highest BCUT2D eigenvalue weighted by atomic mass is 16.4. The van der Waals surface area contributed by atoms with Gasteiger partial charge in [-0.15, -0.1) is 0 Å². The van der Waals surface area contributed by atoms with Crippen LogP contribution in [0.25, 0.3) is 11.1 Å². The number of nitrogens with zero attached hydrogens (tertiary/aromatic N) is 2. The molecule has 3 heterocycles. The van der Waals surface area contributed by atoms with E-state index in [2.05, 4.69) is 16.3 Å². The Labute approximate surface area is 169 Å². The fourth-order valence-corrected chi connectivity index (χ4v) is 4.05. The molecule has 1 fully saturated rings. The van der Waals surface area contributed by atoms with E-state index in [1.807, 2.05) is 19.9 Å². The molecule has 0 unspecified atom stereocenters. The number of benzene rings is 1. The predicted molar refractivity (Wildman–Crippen MR) is 110 cm³/mol. The fraction of sp³-hybridized carbons (Fsp3) is 0.455. The fourth-order valence-electron chi connectivity index (χ4n) is 4.05. The van der Waals surface area contributed by atoms with Gasteiger partial charge in [0.2, 0.25) is 5.91 Å². The minimum Gasteiger partial charge on any atom is -0.466 e. The molecule has 29 heavy (non-hydrogen) atoms. The molecule has 1 aromatic carbocycles. The van der Waals surface area contributed by atoms with Gasteiger partial charge in [0.05, 0.1) is 5.52 Å². The van der Waals surface area contributed by atoms with Crippen LogP contribution in [0.4, 0.5) is 0 Å². The standard InChI is InChI=1S/C22H27N3O4/c1-15-11-18(16(2)28-15)13-24-9-7-17(8-10-24)12-23-21(26)14-25-19-5-3-4-6-20(19)29-22(25)27/h3-6,11,17H,7-10,12-14H2,1-2H3,(H,23,26). The van der Waals surface area contributed by atoms with Crippen molar-refractivity contribution in [2.75, 3.05) is 19.6 Å². The average molecular weight is 397 g/mol. The molecular weight excluding hydrogens is 370 g/mol. The van der Waals surface area contributed by atoms with Gasteiger partial charge < -0.3 is 14.2 Å². The molecule has 0 saturated carbocycles. The molecule has 154 valence electrons. The number of hydrogen-bond donors (Lipinski definition) is 1. The number of nitrogens with one attached hydrogen (secondary N) is 1. The summed E-state index contributed by atoms with van der Waals surface area (Å²) in [5.74, 6) is 1.75. The lowest BCUT2D eigenvalue weighted by atomic mass is 9.96. The molecule has 0 radical (unpaired) electrons. The van der Waals surface area contributed by atoms with E-state index in [1.165, 1.54) is 10.1 Å². The van der Waals surface area contributed by atoms with Crippen molar-refractivity contribution in [3.05, 3.63) is 58.0 Å². The molecule has 0 aliphatic carbocycles. The molecule has 7 nitrogen and oxygen atoms in total. The average Bonchev–Trinajstić information content (AvgIpc) is 3.19. The van der Waals surface area contributed by atoms with Crippen LogP contribution in [0.15, 0.2) is 44.0 Å². The highest BCUT2D eigenvalue weighted by molar-refractivity contribution is 5.79. The third-order valence-electron chi connectivity index (χ3n) is 5.71. The van der Waals surface area contributed by atoms with E-state index < -0.39 is 5.76 Å². The molecule has 7 heteroatoms. The second kappa shape index (κ2) is 8.29. The van der Waals surface area contributed by atoms with Crippen molar-refractivity contribution < 1.29 is 13.6 Å². The number of oxazole rings is 1. The topological polar surface area (TPSA) is 80.6 Å². The molecule has 0 bridgehead atoms. The molecule has 1 saturated heterocycles. The quantitative estimate of drug-likeness (QED) is 0.692. The van der Waals surface area contributed by atoms with Gasteiger partial charge >= 0.3 is 5.76 Å². The van der Waals surface area contributed by atoms with Crippen molar-refractivity contribution in [3.8, 4) is 0 Å². The first kappa shape index (κ1) is 19.5. The van der Waals surface area contributed by atoms with Crippen LogP contribution in [-0.2, 0) is 17.9 Å². The second-order valence-corrected chi connectivity index (χ2v) is 7.88. The van der Waals surface area contributed by atoms with Crippen LogP contribution in [-0.4, -0.2) is 35.0 Å². The number of fused-ring (bicyclic) bond motifs is 1. The van der Waals surface area contributed by atoms with E-state index in [0.717, 1.165) is 44.0 Å². The van der Waals surface area contributed by atoms with Gasteiger partial charge in [0.25, 0.3) is 0 Å². The first-order valence-corrected chi connectivity index (χ1v) is 10.1. The van der Waals surface area contributed by atoms with Crippen molar-refractivity contribution in [1.29, 1.82) is 0 Å². The van der Waals surface area contributed by atoms with Crippen LogP contribution in [0, 0.1) is 19.8 Å². The van der Waals surface area contributed by atoms with Gasteiger partial charge in [0.1, 0.15) is 18.1 Å². The van der Waals surface area contributed by atoms with Crippen LogP contribution < -0.4 is 11.1 Å². The lowest BCUT2D eigenvalue weighted by molar-refractivity contribution is -0.121. The van der Waals surface area contributed by atoms with Crippen LogP contribution >= 0.6 is 0 Å². The van der Waals surface area contributed by atoms with Gasteiger partial charge in [-0.05, 0) is 63.9 Å². The van der Waals surface area contributed by atoms with Gasteiger partial charge in [-0.25, -0.2) is 4.79 Å². The van der Waals surface area contributed by atoms with E-state index in [0.29, 0.717) is 23.6 Å². The van der Waals surface area contributed by atoms with Crippen molar-refractivity contribution in [2.45, 2.75) is 39.8 Å². The number of carbonyl (C=O) groups is 1. The Morgan fingerprint density at radius 3 is 2.66 bits per heavy atom. The van der Waals surface area contributed by atoms with Gasteiger partial charge in [0.15, 0.2) is 5.58 Å². The summed E-state index contributed by atoms with van der Waals surface area (Å²) >= 11 is 0. The molecule has 2 aromatic heterocycles.